The Morgan fingerprint density at radius 2 is 0.652 bits per heavy atom. The molecule has 0 saturated heterocycles. The van der Waals surface area contributed by atoms with Gasteiger partial charge in [0, 0.05) is 12.8 Å². The molecule has 0 N–H and O–H groups in total. The van der Waals surface area contributed by atoms with Gasteiger partial charge in [0.2, 0.25) is 0 Å². The Morgan fingerprint density at radius 1 is 0.333 bits per heavy atom. The fourth-order valence-electron chi connectivity index (χ4n) is 6.33. The molecule has 368 valence electrons. The predicted octanol–water partition coefficient (Wildman–Crippen LogP) is 17.9. The first kappa shape index (κ1) is 61.5. The molecule has 0 rings (SSSR count). The molecule has 0 aromatic rings. The smallest absolute Gasteiger partial charge is 0.306 e. The van der Waals surface area contributed by atoms with E-state index in [1.165, 1.54) is 25.7 Å². The minimum absolute atomic E-state index is 0.0104. The van der Waals surface area contributed by atoms with Gasteiger partial charge in [0.05, 0.1) is 13.2 Å². The van der Waals surface area contributed by atoms with E-state index in [2.05, 4.69) is 179 Å². The summed E-state index contributed by atoms with van der Waals surface area (Å²) < 4.78 is 17.3. The van der Waals surface area contributed by atoms with Gasteiger partial charge in [-0.2, -0.15) is 0 Å². The number of hydrogen-bond acceptors (Lipinski definition) is 5. The Hall–Kier alpha value is -4.48. The number of esters is 2. The fourth-order valence-corrected chi connectivity index (χ4v) is 6.33. The van der Waals surface area contributed by atoms with E-state index in [9.17, 15) is 9.59 Å². The molecule has 0 aromatic carbocycles. The van der Waals surface area contributed by atoms with E-state index >= 15 is 0 Å². The van der Waals surface area contributed by atoms with Crippen LogP contribution < -0.4 is 0 Å². The van der Waals surface area contributed by atoms with Crippen molar-refractivity contribution in [2.75, 3.05) is 19.8 Å². The van der Waals surface area contributed by atoms with E-state index < -0.39 is 6.10 Å². The van der Waals surface area contributed by atoms with E-state index in [0.29, 0.717) is 25.9 Å². The molecule has 0 saturated carbocycles. The van der Waals surface area contributed by atoms with Gasteiger partial charge < -0.3 is 14.2 Å². The summed E-state index contributed by atoms with van der Waals surface area (Å²) in [6, 6.07) is 0. The van der Waals surface area contributed by atoms with Crippen molar-refractivity contribution in [3.8, 4) is 0 Å². The van der Waals surface area contributed by atoms with Crippen molar-refractivity contribution in [1.82, 2.24) is 0 Å². The fraction of sp³-hybridized carbons (Fsp3) is 0.541. The summed E-state index contributed by atoms with van der Waals surface area (Å²) in [6.45, 7) is 7.18. The predicted molar refractivity (Wildman–Crippen MR) is 288 cm³/mol. The Balaban J connectivity index is 4.53. The lowest BCUT2D eigenvalue weighted by Gasteiger charge is -2.18. The number of rotatable bonds is 45. The van der Waals surface area contributed by atoms with E-state index in [1.807, 2.05) is 0 Å². The van der Waals surface area contributed by atoms with Crippen LogP contribution in [0, 0.1) is 0 Å². The molecule has 1 atom stereocenters. The molecule has 0 spiro atoms. The molecule has 1 unspecified atom stereocenters. The third-order valence-electron chi connectivity index (χ3n) is 10.1. The highest BCUT2D eigenvalue weighted by Gasteiger charge is 2.17. The second-order valence-electron chi connectivity index (χ2n) is 16.3. The normalized spacial score (nSPS) is 13.6. The maximum atomic E-state index is 12.8. The molecule has 0 aromatic heterocycles. The average Bonchev–Trinajstić information content (AvgIpc) is 3.32. The van der Waals surface area contributed by atoms with Gasteiger partial charge in [-0.1, -0.05) is 211 Å². The third-order valence-corrected chi connectivity index (χ3v) is 10.1. The van der Waals surface area contributed by atoms with Gasteiger partial charge in [0.1, 0.15) is 6.61 Å². The standard InChI is InChI=1S/C61H94O5/c1-4-7-10-13-16-19-22-25-28-31-33-36-39-42-45-48-51-54-60(62)65-58-59(57-64-56-53-50-47-44-41-38-35-30-27-24-21-18-15-12-9-6-3)66-61(63)55-52-49-46-43-40-37-34-32-29-26-23-20-17-14-11-8-5-2/h7-12,16-21,25-30,33,36,38,41-42,45,47,50,59H,4-6,13-15,22-24,31-32,34-35,37,39-40,43-44,46,48-49,51-58H2,1-3H3/b10-7-,11-8-,12-9-,19-16-,20-17-,21-18-,28-25-,29-26-,30-27-,36-33-,41-38-,45-42-,50-47-. The summed E-state index contributed by atoms with van der Waals surface area (Å²) >= 11 is 0. The lowest BCUT2D eigenvalue weighted by molar-refractivity contribution is -0.162. The van der Waals surface area contributed by atoms with E-state index in [4.69, 9.17) is 14.2 Å². The first-order valence-corrected chi connectivity index (χ1v) is 26.0. The highest BCUT2D eigenvalue weighted by atomic mass is 16.6. The van der Waals surface area contributed by atoms with Crippen LogP contribution in [-0.2, 0) is 23.8 Å². The Kier molecular flexibility index (Phi) is 51.1. The van der Waals surface area contributed by atoms with Gasteiger partial charge in [0.15, 0.2) is 6.10 Å². The average molecular weight is 907 g/mol. The minimum Gasteiger partial charge on any atom is -0.462 e. The van der Waals surface area contributed by atoms with Gasteiger partial charge in [-0.3, -0.25) is 9.59 Å². The van der Waals surface area contributed by atoms with Crippen LogP contribution in [-0.4, -0.2) is 37.9 Å². The molecule has 0 bridgehead atoms. The number of hydrogen-bond donors (Lipinski definition) is 0. The number of unbranched alkanes of at least 4 members (excludes halogenated alkanes) is 8. The van der Waals surface area contributed by atoms with Crippen molar-refractivity contribution in [2.24, 2.45) is 0 Å². The van der Waals surface area contributed by atoms with E-state index in [1.54, 1.807) is 0 Å². The molecule has 66 heavy (non-hydrogen) atoms. The van der Waals surface area contributed by atoms with Crippen molar-refractivity contribution >= 4 is 11.9 Å². The molecular formula is C61H94O5. The molecule has 0 aliphatic heterocycles. The molecule has 5 nitrogen and oxygen atoms in total. The summed E-state index contributed by atoms with van der Waals surface area (Å²) in [5.41, 5.74) is 0. The van der Waals surface area contributed by atoms with Crippen molar-refractivity contribution in [3.63, 3.8) is 0 Å². The molecule has 5 heteroatoms. The second kappa shape index (κ2) is 54.9. The van der Waals surface area contributed by atoms with E-state index in [0.717, 1.165) is 122 Å². The number of carbonyl (C=O) groups is 2. The molecule has 0 fully saturated rings. The van der Waals surface area contributed by atoms with Crippen molar-refractivity contribution in [2.45, 2.75) is 194 Å². The number of allylic oxidation sites excluding steroid dienone is 25. The van der Waals surface area contributed by atoms with Crippen LogP contribution in [0.4, 0.5) is 0 Å². The molecule has 0 aliphatic carbocycles. The van der Waals surface area contributed by atoms with Gasteiger partial charge in [0.25, 0.3) is 0 Å². The summed E-state index contributed by atoms with van der Waals surface area (Å²) in [7, 11) is 0. The molecule has 0 radical (unpaired) electrons. The van der Waals surface area contributed by atoms with Crippen LogP contribution in [0.2, 0.25) is 0 Å². The van der Waals surface area contributed by atoms with Crippen LogP contribution >= 0.6 is 0 Å². The summed E-state index contributed by atoms with van der Waals surface area (Å²) in [5.74, 6) is -0.531. The van der Waals surface area contributed by atoms with Crippen LogP contribution in [0.25, 0.3) is 0 Å². The first-order valence-electron chi connectivity index (χ1n) is 26.0. The quantitative estimate of drug-likeness (QED) is 0.0346. The van der Waals surface area contributed by atoms with Gasteiger partial charge in [-0.25, -0.2) is 0 Å². The zero-order chi connectivity index (χ0) is 47.7. The first-order chi connectivity index (χ1) is 32.6. The number of ether oxygens (including phenoxy) is 3. The zero-order valence-corrected chi connectivity index (χ0v) is 42.1. The van der Waals surface area contributed by atoms with Gasteiger partial charge >= 0.3 is 11.9 Å². The summed E-state index contributed by atoms with van der Waals surface area (Å²) in [6.07, 6.45) is 81.4. The third kappa shape index (κ3) is 52.1. The highest BCUT2D eigenvalue weighted by Crippen LogP contribution is 2.12. The topological polar surface area (TPSA) is 61.8 Å². The maximum absolute atomic E-state index is 12.8. The lowest BCUT2D eigenvalue weighted by Crippen LogP contribution is -2.30. The summed E-state index contributed by atoms with van der Waals surface area (Å²) in [4.78, 5) is 25.4. The maximum Gasteiger partial charge on any atom is 0.306 e. The molecular weight excluding hydrogens is 813 g/mol. The number of carbonyl (C=O) groups excluding carboxylic acids is 2. The highest BCUT2D eigenvalue weighted by molar-refractivity contribution is 5.70. The largest absolute Gasteiger partial charge is 0.462 e. The lowest BCUT2D eigenvalue weighted by atomic mass is 10.1. The van der Waals surface area contributed by atoms with Gasteiger partial charge in [-0.15, -0.1) is 0 Å². The van der Waals surface area contributed by atoms with Crippen LogP contribution in [0.5, 0.6) is 0 Å². The van der Waals surface area contributed by atoms with Crippen LogP contribution in [0.1, 0.15) is 188 Å². The van der Waals surface area contributed by atoms with Crippen molar-refractivity contribution in [1.29, 1.82) is 0 Å². The van der Waals surface area contributed by atoms with Crippen LogP contribution in [0.15, 0.2) is 158 Å². The second-order valence-corrected chi connectivity index (χ2v) is 16.3. The van der Waals surface area contributed by atoms with E-state index in [-0.39, 0.29) is 25.2 Å². The van der Waals surface area contributed by atoms with Gasteiger partial charge in [-0.05, 0) is 122 Å². The Morgan fingerprint density at radius 3 is 1.06 bits per heavy atom. The monoisotopic (exact) mass is 907 g/mol. The molecule has 0 amide bonds. The SMILES string of the molecule is CC/C=C\C/C=C\C/C=C\C/C=C\C/C=C\CCCC(=O)OCC(COCC/C=C\C/C=C\C/C=C\C/C=C\C/C=C\CC)OC(=O)CCCCCCCCC/C=C\C/C=C\C/C=C\CC. The molecule has 0 aliphatic rings. The Labute approximate surface area is 405 Å². The Bertz CT molecular complexity index is 1490. The zero-order valence-electron chi connectivity index (χ0n) is 42.1. The molecule has 0 heterocycles. The minimum atomic E-state index is -0.617. The van der Waals surface area contributed by atoms with Crippen molar-refractivity contribution in [3.05, 3.63) is 158 Å². The van der Waals surface area contributed by atoms with Crippen LogP contribution in [0.3, 0.4) is 0 Å². The summed E-state index contributed by atoms with van der Waals surface area (Å²) in [5, 5.41) is 0. The van der Waals surface area contributed by atoms with Crippen molar-refractivity contribution < 1.29 is 23.8 Å².